The number of hydrogen-bond acceptors (Lipinski definition) is 4. The minimum atomic E-state index is -0.181. The Bertz CT molecular complexity index is 261. The smallest absolute Gasteiger partial charge is 0.306 e. The number of ether oxygens (including phenoxy) is 1. The number of rotatable bonds is 8. The monoisotopic (exact) mass is 307 g/mol. The fourth-order valence-corrected chi connectivity index (χ4v) is 1.92. The van der Waals surface area contributed by atoms with Crippen LogP contribution >= 0.6 is 11.8 Å². The quantitative estimate of drug-likeness (QED) is 0.354. The Morgan fingerprint density at radius 1 is 1.30 bits per heavy atom. The summed E-state index contributed by atoms with van der Waals surface area (Å²) >= 11 is 1.27. The zero-order valence-electron chi connectivity index (χ0n) is 13.2. The maximum absolute atomic E-state index is 11.2. The molecule has 0 saturated heterocycles. The van der Waals surface area contributed by atoms with Crippen molar-refractivity contribution < 1.29 is 20.0 Å². The lowest BCUT2D eigenvalue weighted by Crippen LogP contribution is -2.43. The van der Waals surface area contributed by atoms with Gasteiger partial charge in [0, 0.05) is 5.75 Å². The van der Waals surface area contributed by atoms with Crippen LogP contribution in [0.15, 0.2) is 0 Å². The summed E-state index contributed by atoms with van der Waals surface area (Å²) in [6, 6.07) is 0. The van der Waals surface area contributed by atoms with Gasteiger partial charge in [-0.15, -0.1) is 0 Å². The summed E-state index contributed by atoms with van der Waals surface area (Å²) in [5.74, 6) is 0.403. The number of nitrogens with two attached hydrogens (primary N) is 2. The first kappa shape index (κ1) is 21.5. The van der Waals surface area contributed by atoms with Crippen LogP contribution in [0.3, 0.4) is 0 Å². The predicted molar refractivity (Wildman–Crippen MR) is 85.2 cm³/mol. The number of aliphatic hydroxyl groups excluding tert-OH is 1. The van der Waals surface area contributed by atoms with Crippen LogP contribution in [0.4, 0.5) is 0 Å². The van der Waals surface area contributed by atoms with E-state index in [1.54, 1.807) is 0 Å². The van der Waals surface area contributed by atoms with Gasteiger partial charge in [0.05, 0.1) is 18.6 Å². The Morgan fingerprint density at radius 2 is 1.85 bits per heavy atom. The van der Waals surface area contributed by atoms with Gasteiger partial charge in [-0.1, -0.05) is 26.7 Å². The molecule has 0 spiro atoms. The van der Waals surface area contributed by atoms with Crippen molar-refractivity contribution >= 4 is 22.9 Å². The predicted octanol–water partition coefficient (Wildman–Crippen LogP) is 1.08. The number of esters is 1. The highest BCUT2D eigenvalue weighted by Crippen LogP contribution is 2.05. The van der Waals surface area contributed by atoms with Gasteiger partial charge in [0.15, 0.2) is 0 Å². The minimum absolute atomic E-state index is 0.0108. The molecular formula is C14H31N2O3S+. The average molecular weight is 307 g/mol. The van der Waals surface area contributed by atoms with Crippen molar-refractivity contribution in [3.05, 3.63) is 0 Å². The van der Waals surface area contributed by atoms with E-state index >= 15 is 0 Å². The fourth-order valence-electron chi connectivity index (χ4n) is 1.42. The Morgan fingerprint density at radius 3 is 2.20 bits per heavy atom. The summed E-state index contributed by atoms with van der Waals surface area (Å²) < 4.78 is 5.13. The molecular weight excluding hydrogens is 276 g/mol. The second-order valence-electron chi connectivity index (χ2n) is 4.73. The van der Waals surface area contributed by atoms with Crippen LogP contribution in [-0.2, 0) is 9.53 Å². The number of amidine groups is 1. The number of hydrogen-bond donors (Lipinski definition) is 3. The lowest BCUT2D eigenvalue weighted by molar-refractivity contribution is -0.147. The SMILES string of the molecule is CCCC(C)O.CCCC(C)OC(=O)CCSC(N)=[NH2+]. The van der Waals surface area contributed by atoms with Crippen LogP contribution in [0.5, 0.6) is 0 Å². The first-order valence-corrected chi connectivity index (χ1v) is 8.20. The second kappa shape index (κ2) is 14.7. The van der Waals surface area contributed by atoms with Crippen molar-refractivity contribution in [3.8, 4) is 0 Å². The van der Waals surface area contributed by atoms with Gasteiger partial charge in [-0.05, 0) is 38.5 Å². The molecule has 0 aromatic rings. The molecule has 0 radical (unpaired) electrons. The number of carbonyl (C=O) groups excluding carboxylic acids is 1. The third kappa shape index (κ3) is 19.6. The van der Waals surface area contributed by atoms with Crippen molar-refractivity contribution in [2.45, 2.75) is 72.0 Å². The fraction of sp³-hybridized carbons (Fsp3) is 0.857. The molecule has 0 rings (SSSR count). The minimum Gasteiger partial charge on any atom is -0.463 e. The Kier molecular flexibility index (Phi) is 15.8. The van der Waals surface area contributed by atoms with E-state index in [0.717, 1.165) is 25.7 Å². The number of carbonyl (C=O) groups is 1. The van der Waals surface area contributed by atoms with Crippen LogP contribution < -0.4 is 11.1 Å². The summed E-state index contributed by atoms with van der Waals surface area (Å²) in [4.78, 5) is 11.2. The molecule has 0 saturated carbocycles. The van der Waals surface area contributed by atoms with E-state index in [0.29, 0.717) is 17.3 Å². The van der Waals surface area contributed by atoms with Crippen molar-refractivity contribution in [3.63, 3.8) is 0 Å². The van der Waals surface area contributed by atoms with E-state index in [1.807, 2.05) is 13.8 Å². The topological polar surface area (TPSA) is 98.1 Å². The summed E-state index contributed by atoms with van der Waals surface area (Å²) in [5.41, 5.74) is 5.23. The van der Waals surface area contributed by atoms with Gasteiger partial charge < -0.3 is 9.84 Å². The van der Waals surface area contributed by atoms with E-state index in [1.165, 1.54) is 11.8 Å². The molecule has 5 N–H and O–H groups in total. The van der Waals surface area contributed by atoms with Crippen LogP contribution in [-0.4, -0.2) is 34.2 Å². The molecule has 0 aliphatic rings. The van der Waals surface area contributed by atoms with Gasteiger partial charge in [-0.3, -0.25) is 15.9 Å². The second-order valence-corrected chi connectivity index (χ2v) is 5.90. The van der Waals surface area contributed by atoms with Crippen LogP contribution in [0, 0.1) is 0 Å². The van der Waals surface area contributed by atoms with Gasteiger partial charge in [0.2, 0.25) is 0 Å². The Hall–Kier alpha value is -0.750. The standard InChI is InChI=1S/C9H18N2O2S.C5H12O/c1-3-4-7(2)13-8(12)5-6-14-9(10)11;1-3-4-5(2)6/h7H,3-6H2,1-2H3,(H3,10,11);5-6H,3-4H2,1-2H3/p+1. The molecule has 0 amide bonds. The summed E-state index contributed by atoms with van der Waals surface area (Å²) in [6.07, 6.45) is 4.21. The molecule has 0 bridgehead atoms. The number of thioether (sulfide) groups is 1. The van der Waals surface area contributed by atoms with Crippen LogP contribution in [0.2, 0.25) is 0 Å². The maximum Gasteiger partial charge on any atom is 0.306 e. The normalized spacial score (nSPS) is 12.8. The zero-order valence-corrected chi connectivity index (χ0v) is 14.0. The van der Waals surface area contributed by atoms with E-state index in [9.17, 15) is 4.79 Å². The Labute approximate surface area is 127 Å². The largest absolute Gasteiger partial charge is 0.463 e. The van der Waals surface area contributed by atoms with Crippen molar-refractivity contribution in [2.24, 2.45) is 5.73 Å². The third-order valence-corrected chi connectivity index (χ3v) is 3.05. The van der Waals surface area contributed by atoms with Crippen molar-refractivity contribution in [1.82, 2.24) is 0 Å². The number of aliphatic hydroxyl groups is 1. The molecule has 0 aromatic heterocycles. The molecule has 6 heteroatoms. The van der Waals surface area contributed by atoms with Crippen molar-refractivity contribution in [2.75, 3.05) is 5.75 Å². The highest BCUT2D eigenvalue weighted by atomic mass is 32.2. The molecule has 0 fully saturated rings. The van der Waals surface area contributed by atoms with Crippen molar-refractivity contribution in [1.29, 1.82) is 0 Å². The van der Waals surface area contributed by atoms with Crippen LogP contribution in [0.1, 0.15) is 59.8 Å². The summed E-state index contributed by atoms with van der Waals surface area (Å²) in [7, 11) is 0. The molecule has 0 aromatic carbocycles. The first-order valence-electron chi connectivity index (χ1n) is 7.21. The van der Waals surface area contributed by atoms with Gasteiger partial charge >= 0.3 is 5.97 Å². The van der Waals surface area contributed by atoms with E-state index in [4.69, 9.17) is 21.0 Å². The lowest BCUT2D eigenvalue weighted by atomic mass is 10.2. The maximum atomic E-state index is 11.2. The van der Waals surface area contributed by atoms with Gasteiger partial charge in [0.1, 0.15) is 0 Å². The van der Waals surface area contributed by atoms with Crippen LogP contribution in [0.25, 0.3) is 0 Å². The van der Waals surface area contributed by atoms with Gasteiger partial charge in [-0.2, -0.15) is 0 Å². The zero-order chi connectivity index (χ0) is 16.0. The van der Waals surface area contributed by atoms with E-state index in [-0.39, 0.29) is 18.2 Å². The molecule has 0 aliphatic heterocycles. The average Bonchev–Trinajstić information content (AvgIpc) is 2.28. The highest BCUT2D eigenvalue weighted by molar-refractivity contribution is 8.13. The Balaban J connectivity index is 0. The highest BCUT2D eigenvalue weighted by Gasteiger charge is 2.09. The van der Waals surface area contributed by atoms with Gasteiger partial charge in [0.25, 0.3) is 5.17 Å². The molecule has 2 atom stereocenters. The molecule has 20 heavy (non-hydrogen) atoms. The molecule has 2 unspecified atom stereocenters. The molecule has 120 valence electrons. The van der Waals surface area contributed by atoms with Gasteiger partial charge in [-0.25, -0.2) is 0 Å². The van der Waals surface area contributed by atoms with E-state index in [2.05, 4.69) is 13.8 Å². The lowest BCUT2D eigenvalue weighted by Gasteiger charge is -2.11. The molecule has 5 nitrogen and oxygen atoms in total. The first-order chi connectivity index (χ1) is 9.33. The summed E-state index contributed by atoms with van der Waals surface area (Å²) in [5, 5.41) is 14.1. The third-order valence-electron chi connectivity index (χ3n) is 2.31. The molecule has 0 heterocycles. The summed E-state index contributed by atoms with van der Waals surface area (Å²) in [6.45, 7) is 7.83. The molecule has 0 aliphatic carbocycles. The van der Waals surface area contributed by atoms with E-state index < -0.39 is 0 Å².